The molecule has 0 spiro atoms. The Kier molecular flexibility index (Phi) is 2.87. The Hall–Kier alpha value is -1.00. The maximum Gasteiger partial charge on any atom is 0.126 e. The lowest BCUT2D eigenvalue weighted by molar-refractivity contribution is 0.0140. The number of hydrogen-bond donors (Lipinski definition) is 1. The average molecular weight is 253 g/mol. The third-order valence-electron chi connectivity index (χ3n) is 4.25. The Bertz CT molecular complexity index is 445. The zero-order chi connectivity index (χ0) is 12.8. The van der Waals surface area contributed by atoms with Crippen LogP contribution in [0.3, 0.4) is 0 Å². The first kappa shape index (κ1) is 12.1. The van der Waals surface area contributed by atoms with Crippen molar-refractivity contribution in [3.05, 3.63) is 35.4 Å². The van der Waals surface area contributed by atoms with Crippen molar-refractivity contribution in [1.29, 1.82) is 0 Å². The fraction of sp³-hybridized carbons (Fsp3) is 0.571. The predicted octanol–water partition coefficient (Wildman–Crippen LogP) is 2.11. The van der Waals surface area contributed by atoms with Gasteiger partial charge in [-0.25, -0.2) is 8.78 Å². The molecule has 98 valence electrons. The topological polar surface area (TPSA) is 23.5 Å². The molecule has 2 heterocycles. The molecule has 2 saturated heterocycles. The summed E-state index contributed by atoms with van der Waals surface area (Å²) in [6, 6.07) is 3.66. The van der Waals surface area contributed by atoms with Gasteiger partial charge in [0, 0.05) is 25.1 Å². The molecule has 2 atom stereocenters. The molecular weight excluding hydrogens is 236 g/mol. The summed E-state index contributed by atoms with van der Waals surface area (Å²) in [7, 11) is 0. The predicted molar refractivity (Wildman–Crippen MR) is 64.2 cm³/mol. The van der Waals surface area contributed by atoms with Crippen LogP contribution >= 0.6 is 0 Å². The molecule has 2 nitrogen and oxygen atoms in total. The SMILES string of the molecule is OC1(Cc2cc(F)cc(F)c2)CCN2CCCC21. The van der Waals surface area contributed by atoms with Crippen molar-refractivity contribution in [2.45, 2.75) is 37.3 Å². The zero-order valence-electron chi connectivity index (χ0n) is 10.2. The lowest BCUT2D eigenvalue weighted by Gasteiger charge is -2.30. The average Bonchev–Trinajstić information content (AvgIpc) is 2.82. The van der Waals surface area contributed by atoms with Gasteiger partial charge in [0.15, 0.2) is 0 Å². The second-order valence-electron chi connectivity index (χ2n) is 5.50. The molecule has 3 rings (SSSR count). The van der Waals surface area contributed by atoms with Crippen molar-refractivity contribution >= 4 is 0 Å². The van der Waals surface area contributed by atoms with E-state index in [1.165, 1.54) is 12.1 Å². The molecule has 18 heavy (non-hydrogen) atoms. The second kappa shape index (κ2) is 4.28. The number of benzene rings is 1. The summed E-state index contributed by atoms with van der Waals surface area (Å²) in [5.74, 6) is -1.15. The molecule has 2 unspecified atom stereocenters. The van der Waals surface area contributed by atoms with Crippen LogP contribution in [0.15, 0.2) is 18.2 Å². The summed E-state index contributed by atoms with van der Waals surface area (Å²) >= 11 is 0. The molecule has 2 fully saturated rings. The Morgan fingerprint density at radius 1 is 1.22 bits per heavy atom. The number of rotatable bonds is 2. The minimum Gasteiger partial charge on any atom is -0.388 e. The van der Waals surface area contributed by atoms with E-state index in [0.717, 1.165) is 32.0 Å². The Labute approximate surface area is 105 Å². The third-order valence-corrected chi connectivity index (χ3v) is 4.25. The summed E-state index contributed by atoms with van der Waals surface area (Å²) in [6.07, 6.45) is 3.11. The maximum absolute atomic E-state index is 13.2. The summed E-state index contributed by atoms with van der Waals surface area (Å²) in [5.41, 5.74) is -0.278. The van der Waals surface area contributed by atoms with E-state index in [-0.39, 0.29) is 6.04 Å². The van der Waals surface area contributed by atoms with E-state index in [1.54, 1.807) is 0 Å². The summed E-state index contributed by atoms with van der Waals surface area (Å²) in [5, 5.41) is 10.7. The number of nitrogens with zero attached hydrogens (tertiary/aromatic N) is 1. The van der Waals surface area contributed by atoms with Crippen molar-refractivity contribution in [3.63, 3.8) is 0 Å². The largest absolute Gasteiger partial charge is 0.388 e. The van der Waals surface area contributed by atoms with E-state index in [2.05, 4.69) is 4.90 Å². The van der Waals surface area contributed by atoms with Gasteiger partial charge in [0.25, 0.3) is 0 Å². The first-order valence-electron chi connectivity index (χ1n) is 6.48. The van der Waals surface area contributed by atoms with Crippen molar-refractivity contribution in [1.82, 2.24) is 4.90 Å². The van der Waals surface area contributed by atoms with Crippen LogP contribution < -0.4 is 0 Å². The van der Waals surface area contributed by atoms with E-state index in [4.69, 9.17) is 0 Å². The quantitative estimate of drug-likeness (QED) is 0.872. The maximum atomic E-state index is 13.2. The molecule has 2 aliphatic heterocycles. The monoisotopic (exact) mass is 253 g/mol. The minimum atomic E-state index is -0.823. The van der Waals surface area contributed by atoms with Gasteiger partial charge in [-0.15, -0.1) is 0 Å². The molecule has 1 N–H and O–H groups in total. The van der Waals surface area contributed by atoms with E-state index in [0.29, 0.717) is 18.4 Å². The van der Waals surface area contributed by atoms with E-state index in [9.17, 15) is 13.9 Å². The van der Waals surface area contributed by atoms with Gasteiger partial charge < -0.3 is 5.11 Å². The van der Waals surface area contributed by atoms with Gasteiger partial charge in [-0.1, -0.05) is 0 Å². The molecule has 1 aromatic rings. The third kappa shape index (κ3) is 2.04. The molecule has 0 bridgehead atoms. The van der Waals surface area contributed by atoms with Crippen LogP contribution in [0.4, 0.5) is 8.78 Å². The highest BCUT2D eigenvalue weighted by Gasteiger charge is 2.47. The van der Waals surface area contributed by atoms with Crippen molar-refractivity contribution in [2.75, 3.05) is 13.1 Å². The summed E-state index contributed by atoms with van der Waals surface area (Å²) in [4.78, 5) is 2.29. The van der Waals surface area contributed by atoms with Crippen molar-refractivity contribution < 1.29 is 13.9 Å². The first-order chi connectivity index (χ1) is 8.57. The van der Waals surface area contributed by atoms with Crippen LogP contribution in [-0.4, -0.2) is 34.7 Å². The van der Waals surface area contributed by atoms with Gasteiger partial charge in [-0.3, -0.25) is 4.90 Å². The zero-order valence-corrected chi connectivity index (χ0v) is 10.2. The first-order valence-corrected chi connectivity index (χ1v) is 6.48. The van der Waals surface area contributed by atoms with Gasteiger partial charge in [0.2, 0.25) is 0 Å². The molecule has 0 aliphatic carbocycles. The smallest absolute Gasteiger partial charge is 0.126 e. The highest BCUT2D eigenvalue weighted by atomic mass is 19.1. The number of aliphatic hydroxyl groups is 1. The molecule has 4 heteroatoms. The van der Waals surface area contributed by atoms with Crippen LogP contribution in [0.2, 0.25) is 0 Å². The van der Waals surface area contributed by atoms with Crippen LogP contribution in [-0.2, 0) is 6.42 Å². The summed E-state index contributed by atoms with van der Waals surface area (Å²) < 4.78 is 26.3. The second-order valence-corrected chi connectivity index (χ2v) is 5.50. The Balaban J connectivity index is 1.83. The lowest BCUT2D eigenvalue weighted by atomic mass is 9.86. The van der Waals surface area contributed by atoms with Gasteiger partial charge in [0.05, 0.1) is 5.60 Å². The lowest BCUT2D eigenvalue weighted by Crippen LogP contribution is -2.43. The fourth-order valence-electron chi connectivity index (χ4n) is 3.48. The number of halogens is 2. The van der Waals surface area contributed by atoms with E-state index in [1.807, 2.05) is 0 Å². The van der Waals surface area contributed by atoms with Gasteiger partial charge in [-0.2, -0.15) is 0 Å². The van der Waals surface area contributed by atoms with E-state index < -0.39 is 17.2 Å². The van der Waals surface area contributed by atoms with Gasteiger partial charge in [-0.05, 0) is 43.5 Å². The van der Waals surface area contributed by atoms with Crippen LogP contribution in [0.25, 0.3) is 0 Å². The molecule has 0 aromatic heterocycles. The Morgan fingerprint density at radius 2 is 1.94 bits per heavy atom. The van der Waals surface area contributed by atoms with Crippen LogP contribution in [0, 0.1) is 11.6 Å². The van der Waals surface area contributed by atoms with E-state index >= 15 is 0 Å². The highest BCUT2D eigenvalue weighted by Crippen LogP contribution is 2.38. The molecule has 2 aliphatic rings. The highest BCUT2D eigenvalue weighted by molar-refractivity contribution is 5.22. The van der Waals surface area contributed by atoms with Crippen molar-refractivity contribution in [2.24, 2.45) is 0 Å². The molecule has 1 aromatic carbocycles. The molecule has 0 amide bonds. The minimum absolute atomic E-state index is 0.156. The normalized spacial score (nSPS) is 31.8. The summed E-state index contributed by atoms with van der Waals surface area (Å²) in [6.45, 7) is 1.92. The fourth-order valence-corrected chi connectivity index (χ4v) is 3.48. The number of fused-ring (bicyclic) bond motifs is 1. The molecule has 0 radical (unpaired) electrons. The standard InChI is InChI=1S/C14H17F2NO/c15-11-6-10(7-12(16)8-11)9-14(18)3-5-17-4-1-2-13(14)17/h6-8,13,18H,1-5,9H2. The van der Waals surface area contributed by atoms with Crippen LogP contribution in [0.5, 0.6) is 0 Å². The van der Waals surface area contributed by atoms with Crippen molar-refractivity contribution in [3.8, 4) is 0 Å². The molecule has 0 saturated carbocycles. The van der Waals surface area contributed by atoms with Gasteiger partial charge in [0.1, 0.15) is 11.6 Å². The molecular formula is C14H17F2NO. The van der Waals surface area contributed by atoms with Gasteiger partial charge >= 0.3 is 0 Å². The number of hydrogen-bond acceptors (Lipinski definition) is 2. The van der Waals surface area contributed by atoms with Crippen LogP contribution in [0.1, 0.15) is 24.8 Å². The Morgan fingerprint density at radius 3 is 2.67 bits per heavy atom.